The predicted octanol–water partition coefficient (Wildman–Crippen LogP) is 5.47. The summed E-state index contributed by atoms with van der Waals surface area (Å²) in [5.41, 5.74) is 3.18. The van der Waals surface area contributed by atoms with E-state index >= 15 is 0 Å². The number of hydrogen-bond acceptors (Lipinski definition) is 7. The van der Waals surface area contributed by atoms with Crippen molar-refractivity contribution in [1.29, 1.82) is 0 Å². The molecule has 0 aliphatic heterocycles. The molecule has 0 fully saturated rings. The van der Waals surface area contributed by atoms with Gasteiger partial charge in [0.05, 0.1) is 10.6 Å². The number of nitrogens with one attached hydrogen (secondary N) is 2. The van der Waals surface area contributed by atoms with Crippen LogP contribution in [0, 0.1) is 0 Å². The molecule has 9 heteroatoms. The minimum Gasteiger partial charge on any atom is -0.340 e. The van der Waals surface area contributed by atoms with Crippen LogP contribution >= 0.6 is 11.6 Å². The summed E-state index contributed by atoms with van der Waals surface area (Å²) < 4.78 is 24.3. The van der Waals surface area contributed by atoms with E-state index in [2.05, 4.69) is 25.6 Å². The molecular weight excluding hydrogens is 446 g/mol. The van der Waals surface area contributed by atoms with Gasteiger partial charge in [-0.3, -0.25) is 4.98 Å². The topological polar surface area (TPSA) is 96.9 Å². The molecule has 4 rings (SSSR count). The average molecular weight is 466 g/mol. The van der Waals surface area contributed by atoms with Crippen LogP contribution in [0.2, 0.25) is 5.02 Å². The lowest BCUT2D eigenvalue weighted by molar-refractivity contribution is 0.597. The highest BCUT2D eigenvalue weighted by atomic mass is 35.5. The molecule has 7 nitrogen and oxygen atoms in total. The molecule has 0 amide bonds. The number of anilines is 4. The number of benzene rings is 2. The maximum Gasteiger partial charge on any atom is 0.178 e. The summed E-state index contributed by atoms with van der Waals surface area (Å²) >= 11 is 6.37. The minimum atomic E-state index is -3.29. The largest absolute Gasteiger partial charge is 0.340 e. The number of nitrogens with zero attached hydrogens (tertiary/aromatic N) is 3. The Bertz CT molecular complexity index is 1350. The van der Waals surface area contributed by atoms with Gasteiger partial charge in [0.2, 0.25) is 0 Å². The van der Waals surface area contributed by atoms with Gasteiger partial charge in [-0.05, 0) is 42.5 Å². The second-order valence-corrected chi connectivity index (χ2v) is 9.59. The SMILES string of the molecule is CCS(=O)(=O)c1cccc(Nc2cc(Nc3ccc(Cl)c(-c4cccnc4)c3)ncn2)c1. The Balaban J connectivity index is 1.55. The van der Waals surface area contributed by atoms with Crippen LogP contribution in [0.5, 0.6) is 0 Å². The van der Waals surface area contributed by atoms with Crippen molar-refractivity contribution in [2.24, 2.45) is 0 Å². The van der Waals surface area contributed by atoms with Gasteiger partial charge in [0.25, 0.3) is 0 Å². The first kappa shape index (κ1) is 21.7. The molecule has 2 aromatic carbocycles. The fraction of sp³-hybridized carbons (Fsp3) is 0.0870. The Morgan fingerprint density at radius 2 is 1.66 bits per heavy atom. The molecular formula is C23H20ClN5O2S. The van der Waals surface area contributed by atoms with Crippen LogP contribution in [0.25, 0.3) is 11.1 Å². The van der Waals surface area contributed by atoms with Crippen LogP contribution in [-0.2, 0) is 9.84 Å². The van der Waals surface area contributed by atoms with Gasteiger partial charge < -0.3 is 10.6 Å². The molecule has 162 valence electrons. The quantitative estimate of drug-likeness (QED) is 0.373. The molecule has 4 aromatic rings. The molecule has 0 aliphatic carbocycles. The first-order valence-electron chi connectivity index (χ1n) is 9.83. The summed E-state index contributed by atoms with van der Waals surface area (Å²) in [6, 6.07) is 17.8. The van der Waals surface area contributed by atoms with E-state index in [0.717, 1.165) is 16.8 Å². The van der Waals surface area contributed by atoms with Gasteiger partial charge in [0, 0.05) is 46.0 Å². The number of aromatic nitrogens is 3. The zero-order chi connectivity index (χ0) is 22.6. The molecule has 2 heterocycles. The van der Waals surface area contributed by atoms with Crippen molar-refractivity contribution in [1.82, 2.24) is 15.0 Å². The Labute approximate surface area is 191 Å². The van der Waals surface area contributed by atoms with Crippen molar-refractivity contribution in [3.63, 3.8) is 0 Å². The fourth-order valence-corrected chi connectivity index (χ4v) is 4.22. The maximum atomic E-state index is 12.1. The van der Waals surface area contributed by atoms with E-state index in [1.165, 1.54) is 6.33 Å². The van der Waals surface area contributed by atoms with Crippen molar-refractivity contribution >= 4 is 44.4 Å². The molecule has 0 spiro atoms. The van der Waals surface area contributed by atoms with Gasteiger partial charge in [0.15, 0.2) is 9.84 Å². The lowest BCUT2D eigenvalue weighted by Gasteiger charge is -2.11. The average Bonchev–Trinajstić information content (AvgIpc) is 2.81. The zero-order valence-electron chi connectivity index (χ0n) is 17.2. The van der Waals surface area contributed by atoms with Crippen LogP contribution in [0.3, 0.4) is 0 Å². The summed E-state index contributed by atoms with van der Waals surface area (Å²) in [6.07, 6.45) is 4.89. The summed E-state index contributed by atoms with van der Waals surface area (Å²) in [4.78, 5) is 12.9. The third-order valence-corrected chi connectivity index (χ3v) is 6.79. The third kappa shape index (κ3) is 5.04. The summed E-state index contributed by atoms with van der Waals surface area (Å²) in [5, 5.41) is 7.00. The van der Waals surface area contributed by atoms with Gasteiger partial charge >= 0.3 is 0 Å². The van der Waals surface area contributed by atoms with Gasteiger partial charge in [-0.1, -0.05) is 30.7 Å². The highest BCUT2D eigenvalue weighted by Crippen LogP contribution is 2.31. The second kappa shape index (κ2) is 9.33. The standard InChI is InChI=1S/C23H20ClN5O2S/c1-2-32(30,31)19-7-3-6-17(11-19)28-22-13-23(27-15-26-22)29-18-8-9-21(24)20(12-18)16-5-4-10-25-14-16/h3-15H,2H2,1H3,(H2,26,27,28,29). The number of halogens is 1. The summed E-state index contributed by atoms with van der Waals surface area (Å²) in [7, 11) is -3.29. The van der Waals surface area contributed by atoms with E-state index in [-0.39, 0.29) is 10.6 Å². The molecule has 0 bridgehead atoms. The zero-order valence-corrected chi connectivity index (χ0v) is 18.7. The summed E-state index contributed by atoms with van der Waals surface area (Å²) in [6.45, 7) is 1.62. The van der Waals surface area contributed by atoms with E-state index in [9.17, 15) is 8.42 Å². The van der Waals surface area contributed by atoms with Crippen LogP contribution in [0.4, 0.5) is 23.0 Å². The second-order valence-electron chi connectivity index (χ2n) is 6.91. The van der Waals surface area contributed by atoms with E-state index in [4.69, 9.17) is 11.6 Å². The Hall–Kier alpha value is -3.49. The van der Waals surface area contributed by atoms with Gasteiger partial charge in [-0.15, -0.1) is 0 Å². The summed E-state index contributed by atoms with van der Waals surface area (Å²) in [5.74, 6) is 1.13. The maximum absolute atomic E-state index is 12.1. The predicted molar refractivity (Wildman–Crippen MR) is 127 cm³/mol. The fourth-order valence-electron chi connectivity index (χ4n) is 3.07. The van der Waals surface area contributed by atoms with Crippen LogP contribution in [0.1, 0.15) is 6.92 Å². The highest BCUT2D eigenvalue weighted by molar-refractivity contribution is 7.91. The first-order valence-corrected chi connectivity index (χ1v) is 11.9. The normalized spacial score (nSPS) is 11.2. The number of hydrogen-bond donors (Lipinski definition) is 2. The number of rotatable bonds is 7. The van der Waals surface area contributed by atoms with Gasteiger partial charge in [-0.25, -0.2) is 18.4 Å². The highest BCUT2D eigenvalue weighted by Gasteiger charge is 2.12. The van der Waals surface area contributed by atoms with Crippen molar-refractivity contribution in [2.75, 3.05) is 16.4 Å². The smallest absolute Gasteiger partial charge is 0.178 e. The number of pyridine rings is 1. The van der Waals surface area contributed by atoms with Crippen LogP contribution in [-0.4, -0.2) is 29.1 Å². The lowest BCUT2D eigenvalue weighted by Crippen LogP contribution is -2.04. The van der Waals surface area contributed by atoms with E-state index in [0.29, 0.717) is 22.3 Å². The lowest BCUT2D eigenvalue weighted by atomic mass is 10.1. The molecule has 0 aliphatic rings. The van der Waals surface area contributed by atoms with E-state index < -0.39 is 9.84 Å². The van der Waals surface area contributed by atoms with Gasteiger partial charge in [0.1, 0.15) is 18.0 Å². The molecule has 0 radical (unpaired) electrons. The molecule has 0 saturated carbocycles. The van der Waals surface area contributed by atoms with Crippen molar-refractivity contribution in [3.8, 4) is 11.1 Å². The van der Waals surface area contributed by atoms with Gasteiger partial charge in [-0.2, -0.15) is 0 Å². The monoisotopic (exact) mass is 465 g/mol. The molecule has 2 aromatic heterocycles. The Kier molecular flexibility index (Phi) is 6.34. The van der Waals surface area contributed by atoms with Crippen LogP contribution < -0.4 is 10.6 Å². The van der Waals surface area contributed by atoms with E-state index in [1.807, 2.05) is 30.3 Å². The Morgan fingerprint density at radius 3 is 2.34 bits per heavy atom. The first-order chi connectivity index (χ1) is 15.4. The third-order valence-electron chi connectivity index (χ3n) is 4.72. The van der Waals surface area contributed by atoms with Crippen molar-refractivity contribution in [2.45, 2.75) is 11.8 Å². The molecule has 32 heavy (non-hydrogen) atoms. The van der Waals surface area contributed by atoms with Crippen LogP contribution in [0.15, 0.2) is 84.3 Å². The number of sulfone groups is 1. The Morgan fingerprint density at radius 1 is 0.906 bits per heavy atom. The minimum absolute atomic E-state index is 0.0418. The molecule has 0 saturated heterocycles. The van der Waals surface area contributed by atoms with E-state index in [1.54, 1.807) is 49.6 Å². The molecule has 2 N–H and O–H groups in total. The molecule has 0 unspecified atom stereocenters. The van der Waals surface area contributed by atoms with Crippen molar-refractivity contribution in [3.05, 3.63) is 84.4 Å². The van der Waals surface area contributed by atoms with Crippen molar-refractivity contribution < 1.29 is 8.42 Å². The molecule has 0 atom stereocenters.